The van der Waals surface area contributed by atoms with Crippen LogP contribution >= 0.6 is 0 Å². The Morgan fingerprint density at radius 1 is 1.00 bits per heavy atom. The van der Waals surface area contributed by atoms with Crippen molar-refractivity contribution < 1.29 is 13.5 Å². The zero-order chi connectivity index (χ0) is 5.54. The second kappa shape index (κ2) is 5.82. The summed E-state index contributed by atoms with van der Waals surface area (Å²) < 4.78 is 26.5. The monoisotopic (exact) mass is 110 g/mol. The van der Waals surface area contributed by atoms with Crippen LogP contribution in [0.1, 0.15) is 0 Å². The molecule has 0 N–H and O–H groups in total. The van der Waals surface area contributed by atoms with Crippen LogP contribution < -0.4 is 0 Å². The van der Waals surface area contributed by atoms with E-state index in [1.165, 1.54) is 0 Å². The fourth-order valence-electron chi connectivity index (χ4n) is 0.211. The van der Waals surface area contributed by atoms with Crippen LogP contribution in [-0.2, 0) is 4.74 Å². The Morgan fingerprint density at radius 3 is 1.71 bits per heavy atom. The predicted molar refractivity (Wildman–Crippen MR) is 22.8 cm³/mol. The van der Waals surface area contributed by atoms with Gasteiger partial charge in [0.15, 0.2) is 0 Å². The molecule has 0 aromatic carbocycles. The van der Waals surface area contributed by atoms with Gasteiger partial charge in [-0.3, -0.25) is 0 Å². The summed E-state index contributed by atoms with van der Waals surface area (Å²) in [6.07, 6.45) is 0. The molecular weight excluding hydrogens is 102 g/mol. The molecule has 0 aliphatic carbocycles. The van der Waals surface area contributed by atoms with Crippen molar-refractivity contribution in [1.82, 2.24) is 0 Å². The Hall–Kier alpha value is -0.180. The average molecular weight is 110 g/mol. The Bertz CT molecular complexity index is 28.9. The Kier molecular flexibility index (Phi) is 5.67. The minimum absolute atomic E-state index is 0.0178. The van der Waals surface area contributed by atoms with Crippen molar-refractivity contribution in [3.05, 3.63) is 0 Å². The molecule has 0 atom stereocenters. The Morgan fingerprint density at radius 2 is 1.43 bits per heavy atom. The van der Waals surface area contributed by atoms with Crippen molar-refractivity contribution >= 4 is 0 Å². The molecule has 0 unspecified atom stereocenters. The number of hydrogen-bond donors (Lipinski definition) is 0. The van der Waals surface area contributed by atoms with Crippen molar-refractivity contribution in [3.63, 3.8) is 0 Å². The van der Waals surface area contributed by atoms with Gasteiger partial charge >= 0.3 is 0 Å². The third kappa shape index (κ3) is 5.82. The van der Waals surface area contributed by atoms with E-state index in [4.69, 9.17) is 0 Å². The van der Waals surface area contributed by atoms with E-state index in [1.807, 2.05) is 0 Å². The third-order valence-electron chi connectivity index (χ3n) is 0.443. The fraction of sp³-hybridized carbons (Fsp3) is 1.00. The van der Waals surface area contributed by atoms with Gasteiger partial charge in [0.05, 0.1) is 13.2 Å². The zero-order valence-corrected chi connectivity index (χ0v) is 3.99. The first-order chi connectivity index (χ1) is 3.41. The van der Waals surface area contributed by atoms with E-state index in [-0.39, 0.29) is 13.2 Å². The topological polar surface area (TPSA) is 9.23 Å². The molecule has 0 radical (unpaired) electrons. The highest BCUT2D eigenvalue weighted by Crippen LogP contribution is 1.75. The molecule has 0 rings (SSSR count). The molecule has 0 bridgehead atoms. The molecule has 0 fully saturated rings. The Balaban J connectivity index is 2.45. The van der Waals surface area contributed by atoms with Crippen LogP contribution in [0.2, 0.25) is 0 Å². The highest BCUT2D eigenvalue weighted by molar-refractivity contribution is 4.24. The van der Waals surface area contributed by atoms with Crippen molar-refractivity contribution in [3.8, 4) is 0 Å². The van der Waals surface area contributed by atoms with Gasteiger partial charge in [0.25, 0.3) is 0 Å². The van der Waals surface area contributed by atoms with Crippen LogP contribution in [0, 0.1) is 0 Å². The maximum absolute atomic E-state index is 11.1. The molecule has 7 heavy (non-hydrogen) atoms. The lowest BCUT2D eigenvalue weighted by molar-refractivity contribution is 0.106. The number of ether oxygens (including phenoxy) is 1. The van der Waals surface area contributed by atoms with E-state index in [9.17, 15) is 8.78 Å². The van der Waals surface area contributed by atoms with Gasteiger partial charge in [-0.05, 0) is 0 Å². The summed E-state index contributed by atoms with van der Waals surface area (Å²) in [5.74, 6) is 0. The standard InChI is InChI=1S/C4H8F2O/c5-1-3-7-4-2-6/h1-4H2. The zero-order valence-electron chi connectivity index (χ0n) is 3.99. The summed E-state index contributed by atoms with van der Waals surface area (Å²) in [7, 11) is 0. The highest BCUT2D eigenvalue weighted by Gasteiger charge is 1.82. The number of rotatable bonds is 4. The van der Waals surface area contributed by atoms with Crippen LogP contribution in [0.4, 0.5) is 8.78 Å². The summed E-state index contributed by atoms with van der Waals surface area (Å²) in [6.45, 7) is -1.02. The largest absolute Gasteiger partial charge is 0.376 e. The maximum Gasteiger partial charge on any atom is 0.113 e. The van der Waals surface area contributed by atoms with E-state index in [2.05, 4.69) is 4.74 Å². The molecule has 44 valence electrons. The third-order valence-corrected chi connectivity index (χ3v) is 0.443. The van der Waals surface area contributed by atoms with Crippen LogP contribution in [0.15, 0.2) is 0 Å². The second-order valence-electron chi connectivity index (χ2n) is 0.990. The number of hydrogen-bond acceptors (Lipinski definition) is 1. The first-order valence-electron chi connectivity index (χ1n) is 2.11. The lowest BCUT2D eigenvalue weighted by atomic mass is 10.8. The molecule has 0 saturated heterocycles. The second-order valence-corrected chi connectivity index (χ2v) is 0.990. The molecule has 3 heteroatoms. The smallest absolute Gasteiger partial charge is 0.113 e. The lowest BCUT2D eigenvalue weighted by Gasteiger charge is -1.92. The molecule has 0 spiro atoms. The van der Waals surface area contributed by atoms with Gasteiger partial charge in [-0.2, -0.15) is 0 Å². The summed E-state index contributed by atoms with van der Waals surface area (Å²) in [6, 6.07) is 0. The van der Waals surface area contributed by atoms with E-state index < -0.39 is 13.3 Å². The van der Waals surface area contributed by atoms with Crippen LogP contribution in [0.5, 0.6) is 0 Å². The van der Waals surface area contributed by atoms with Gasteiger partial charge in [0.1, 0.15) is 13.3 Å². The molecule has 0 aliphatic rings. The van der Waals surface area contributed by atoms with Crippen LogP contribution in [0.3, 0.4) is 0 Å². The molecule has 0 aromatic heterocycles. The average Bonchev–Trinajstić information content (AvgIpc) is 1.69. The first-order valence-corrected chi connectivity index (χ1v) is 2.11. The summed E-state index contributed by atoms with van der Waals surface area (Å²) in [4.78, 5) is 0. The quantitative estimate of drug-likeness (QED) is 0.489. The van der Waals surface area contributed by atoms with Crippen molar-refractivity contribution in [2.24, 2.45) is 0 Å². The van der Waals surface area contributed by atoms with Crippen LogP contribution in [0.25, 0.3) is 0 Å². The number of halogens is 2. The highest BCUT2D eigenvalue weighted by atomic mass is 19.1. The molecule has 0 saturated carbocycles. The van der Waals surface area contributed by atoms with Gasteiger partial charge in [-0.1, -0.05) is 0 Å². The van der Waals surface area contributed by atoms with E-state index in [0.717, 1.165) is 0 Å². The maximum atomic E-state index is 11.1. The molecule has 0 aromatic rings. The van der Waals surface area contributed by atoms with Crippen molar-refractivity contribution in [2.45, 2.75) is 0 Å². The fourth-order valence-corrected chi connectivity index (χ4v) is 0.211. The molecule has 0 aliphatic heterocycles. The summed E-state index contributed by atoms with van der Waals surface area (Å²) >= 11 is 0. The number of alkyl halides is 2. The van der Waals surface area contributed by atoms with Gasteiger partial charge in [-0.25, -0.2) is 8.78 Å². The van der Waals surface area contributed by atoms with Gasteiger partial charge in [0.2, 0.25) is 0 Å². The van der Waals surface area contributed by atoms with Gasteiger partial charge in [-0.15, -0.1) is 0 Å². The molecule has 0 amide bonds. The molecular formula is C4H8F2O. The summed E-state index contributed by atoms with van der Waals surface area (Å²) in [5, 5.41) is 0. The van der Waals surface area contributed by atoms with E-state index >= 15 is 0 Å². The summed E-state index contributed by atoms with van der Waals surface area (Å²) in [5.41, 5.74) is 0. The minimum Gasteiger partial charge on any atom is -0.376 e. The van der Waals surface area contributed by atoms with Crippen molar-refractivity contribution in [2.75, 3.05) is 26.6 Å². The lowest BCUT2D eigenvalue weighted by Crippen LogP contribution is -1.98. The first kappa shape index (κ1) is 6.82. The van der Waals surface area contributed by atoms with E-state index in [0.29, 0.717) is 0 Å². The Labute approximate surface area is 41.3 Å². The molecule has 0 heterocycles. The van der Waals surface area contributed by atoms with Crippen LogP contribution in [-0.4, -0.2) is 26.6 Å². The predicted octanol–water partition coefficient (Wildman–Crippen LogP) is 0.942. The minimum atomic E-state index is -0.528. The van der Waals surface area contributed by atoms with Crippen molar-refractivity contribution in [1.29, 1.82) is 0 Å². The van der Waals surface area contributed by atoms with E-state index in [1.54, 1.807) is 0 Å². The normalized spacial score (nSPS) is 9.43. The SMILES string of the molecule is FCCOCCF. The van der Waals surface area contributed by atoms with Gasteiger partial charge < -0.3 is 4.74 Å². The molecule has 1 nitrogen and oxygen atoms in total. The van der Waals surface area contributed by atoms with Gasteiger partial charge in [0, 0.05) is 0 Å².